The summed E-state index contributed by atoms with van der Waals surface area (Å²) in [6.45, 7) is 7.76. The number of aromatic nitrogens is 1. The average molecular weight is 330 g/mol. The summed E-state index contributed by atoms with van der Waals surface area (Å²) in [5, 5.41) is 9.41. The third-order valence-corrected chi connectivity index (χ3v) is 4.76. The molecule has 1 saturated heterocycles. The fourth-order valence-corrected chi connectivity index (χ4v) is 3.27. The highest BCUT2D eigenvalue weighted by atomic mass is 32.1. The van der Waals surface area contributed by atoms with E-state index in [4.69, 9.17) is 0 Å². The molecule has 0 radical (unpaired) electrons. The van der Waals surface area contributed by atoms with Crippen molar-refractivity contribution in [1.29, 1.82) is 0 Å². The van der Waals surface area contributed by atoms with Crippen LogP contribution in [0, 0.1) is 6.92 Å². The first-order valence-corrected chi connectivity index (χ1v) is 8.84. The Morgan fingerprint density at radius 3 is 2.70 bits per heavy atom. The van der Waals surface area contributed by atoms with Crippen molar-refractivity contribution in [3.63, 3.8) is 0 Å². The highest BCUT2D eigenvalue weighted by Gasteiger charge is 2.10. The number of amides is 1. The predicted molar refractivity (Wildman–Crippen MR) is 93.9 cm³/mol. The summed E-state index contributed by atoms with van der Waals surface area (Å²) in [6.07, 6.45) is 0. The van der Waals surface area contributed by atoms with Crippen LogP contribution in [0.2, 0.25) is 0 Å². The van der Waals surface area contributed by atoms with Gasteiger partial charge in [0, 0.05) is 55.8 Å². The Bertz CT molecular complexity index is 647. The van der Waals surface area contributed by atoms with Crippen LogP contribution in [-0.2, 0) is 0 Å². The molecule has 2 N–H and O–H groups in total. The molecule has 0 saturated carbocycles. The van der Waals surface area contributed by atoms with Gasteiger partial charge in [0.2, 0.25) is 0 Å². The van der Waals surface area contributed by atoms with Crippen LogP contribution in [0.1, 0.15) is 15.4 Å². The number of aryl methyl sites for hydroxylation is 1. The zero-order valence-corrected chi connectivity index (χ0v) is 14.2. The van der Waals surface area contributed by atoms with Gasteiger partial charge in [-0.3, -0.25) is 9.69 Å². The molecule has 23 heavy (non-hydrogen) atoms. The minimum Gasteiger partial charge on any atom is -0.351 e. The van der Waals surface area contributed by atoms with Crippen molar-refractivity contribution in [2.24, 2.45) is 0 Å². The maximum atomic E-state index is 12.2. The van der Waals surface area contributed by atoms with Crippen LogP contribution in [0.4, 0.5) is 0 Å². The first-order chi connectivity index (χ1) is 11.2. The third-order valence-electron chi connectivity index (χ3n) is 3.99. The number of piperazine rings is 1. The smallest absolute Gasteiger partial charge is 0.251 e. The molecular weight excluding hydrogens is 308 g/mol. The Labute approximate surface area is 140 Å². The standard InChI is InChI=1S/C17H22N4OS/c1-13-20-16(12-23-13)14-2-4-15(5-3-14)17(22)19-8-11-21-9-6-18-7-10-21/h2-5,12,18H,6-11H2,1H3,(H,19,22). The molecule has 1 aromatic carbocycles. The fraction of sp³-hybridized carbons (Fsp3) is 0.412. The summed E-state index contributed by atoms with van der Waals surface area (Å²) in [4.78, 5) is 19.0. The van der Waals surface area contributed by atoms with Crippen molar-refractivity contribution in [2.45, 2.75) is 6.92 Å². The number of hydrogen-bond donors (Lipinski definition) is 2. The van der Waals surface area contributed by atoms with Crippen LogP contribution in [0.25, 0.3) is 11.3 Å². The molecular formula is C17H22N4OS. The molecule has 2 heterocycles. The maximum absolute atomic E-state index is 12.2. The fourth-order valence-electron chi connectivity index (χ4n) is 2.65. The van der Waals surface area contributed by atoms with Crippen molar-refractivity contribution in [3.8, 4) is 11.3 Å². The Morgan fingerprint density at radius 2 is 2.04 bits per heavy atom. The lowest BCUT2D eigenvalue weighted by Gasteiger charge is -2.27. The van der Waals surface area contributed by atoms with Crippen molar-refractivity contribution in [2.75, 3.05) is 39.3 Å². The zero-order chi connectivity index (χ0) is 16.1. The number of benzene rings is 1. The molecule has 0 bridgehead atoms. The topological polar surface area (TPSA) is 57.3 Å². The van der Waals surface area contributed by atoms with E-state index >= 15 is 0 Å². The van der Waals surface area contributed by atoms with E-state index in [0.717, 1.165) is 49.0 Å². The van der Waals surface area contributed by atoms with Gasteiger partial charge in [0.1, 0.15) is 0 Å². The number of nitrogens with one attached hydrogen (secondary N) is 2. The van der Waals surface area contributed by atoms with Gasteiger partial charge in [-0.25, -0.2) is 4.98 Å². The van der Waals surface area contributed by atoms with Crippen molar-refractivity contribution in [1.82, 2.24) is 20.5 Å². The van der Waals surface area contributed by atoms with Gasteiger partial charge in [-0.2, -0.15) is 0 Å². The van der Waals surface area contributed by atoms with Gasteiger partial charge in [-0.1, -0.05) is 12.1 Å². The van der Waals surface area contributed by atoms with Crippen molar-refractivity contribution < 1.29 is 4.79 Å². The number of thiazole rings is 1. The molecule has 6 heteroatoms. The van der Waals surface area contributed by atoms with Crippen LogP contribution < -0.4 is 10.6 Å². The molecule has 0 aliphatic carbocycles. The second-order valence-corrected chi connectivity index (χ2v) is 6.74. The number of carbonyl (C=O) groups excluding carboxylic acids is 1. The lowest BCUT2D eigenvalue weighted by Crippen LogP contribution is -2.46. The summed E-state index contributed by atoms with van der Waals surface area (Å²) in [6, 6.07) is 7.65. The Hall–Kier alpha value is -1.76. The van der Waals surface area contributed by atoms with Gasteiger partial charge < -0.3 is 10.6 Å². The molecule has 1 fully saturated rings. The zero-order valence-electron chi connectivity index (χ0n) is 13.3. The van der Waals surface area contributed by atoms with E-state index in [1.165, 1.54) is 0 Å². The molecule has 2 aromatic rings. The summed E-state index contributed by atoms with van der Waals surface area (Å²) in [7, 11) is 0. The quantitative estimate of drug-likeness (QED) is 0.877. The van der Waals surface area contributed by atoms with Gasteiger partial charge in [0.15, 0.2) is 0 Å². The maximum Gasteiger partial charge on any atom is 0.251 e. The molecule has 1 aliphatic heterocycles. The Balaban J connectivity index is 1.51. The monoisotopic (exact) mass is 330 g/mol. The van der Waals surface area contributed by atoms with Gasteiger partial charge in [0.05, 0.1) is 10.7 Å². The lowest BCUT2D eigenvalue weighted by molar-refractivity contribution is 0.0947. The lowest BCUT2D eigenvalue weighted by atomic mass is 10.1. The largest absolute Gasteiger partial charge is 0.351 e. The summed E-state index contributed by atoms with van der Waals surface area (Å²) >= 11 is 1.63. The molecule has 1 amide bonds. The molecule has 5 nitrogen and oxygen atoms in total. The highest BCUT2D eigenvalue weighted by Crippen LogP contribution is 2.21. The van der Waals surface area contributed by atoms with Crippen molar-refractivity contribution >= 4 is 17.2 Å². The van der Waals surface area contributed by atoms with E-state index in [1.807, 2.05) is 36.6 Å². The third kappa shape index (κ3) is 4.37. The van der Waals surface area contributed by atoms with Crippen LogP contribution in [0.3, 0.4) is 0 Å². The van der Waals surface area contributed by atoms with Crippen LogP contribution in [-0.4, -0.2) is 55.1 Å². The van der Waals surface area contributed by atoms with E-state index in [0.29, 0.717) is 12.1 Å². The predicted octanol–water partition coefficient (Wildman–Crippen LogP) is 1.75. The molecule has 0 spiro atoms. The van der Waals surface area contributed by atoms with E-state index < -0.39 is 0 Å². The van der Waals surface area contributed by atoms with E-state index in [1.54, 1.807) is 11.3 Å². The van der Waals surface area contributed by atoms with E-state index in [2.05, 4.69) is 20.5 Å². The van der Waals surface area contributed by atoms with Gasteiger partial charge in [0.25, 0.3) is 5.91 Å². The molecule has 3 rings (SSSR count). The van der Waals surface area contributed by atoms with Gasteiger partial charge in [-0.05, 0) is 19.1 Å². The molecule has 0 unspecified atom stereocenters. The summed E-state index contributed by atoms with van der Waals surface area (Å²) in [5.41, 5.74) is 2.71. The number of carbonyl (C=O) groups is 1. The first-order valence-electron chi connectivity index (χ1n) is 7.96. The van der Waals surface area contributed by atoms with Gasteiger partial charge in [-0.15, -0.1) is 11.3 Å². The minimum absolute atomic E-state index is 0.0128. The average Bonchev–Trinajstić information content (AvgIpc) is 3.02. The van der Waals surface area contributed by atoms with E-state index in [-0.39, 0.29) is 5.91 Å². The van der Waals surface area contributed by atoms with Crippen LogP contribution in [0.15, 0.2) is 29.6 Å². The second kappa shape index (κ2) is 7.68. The number of hydrogen-bond acceptors (Lipinski definition) is 5. The van der Waals surface area contributed by atoms with Crippen LogP contribution >= 0.6 is 11.3 Å². The minimum atomic E-state index is -0.0128. The SMILES string of the molecule is Cc1nc(-c2ccc(C(=O)NCCN3CCNCC3)cc2)cs1. The van der Waals surface area contributed by atoms with Crippen molar-refractivity contribution in [3.05, 3.63) is 40.2 Å². The molecule has 0 atom stereocenters. The molecule has 1 aliphatic rings. The Kier molecular flexibility index (Phi) is 5.38. The Morgan fingerprint density at radius 1 is 1.30 bits per heavy atom. The normalized spacial score (nSPS) is 15.5. The number of rotatable bonds is 5. The van der Waals surface area contributed by atoms with Gasteiger partial charge >= 0.3 is 0 Å². The molecule has 1 aromatic heterocycles. The first kappa shape index (κ1) is 16.1. The number of nitrogens with zero attached hydrogens (tertiary/aromatic N) is 2. The summed E-state index contributed by atoms with van der Waals surface area (Å²) in [5.74, 6) is -0.0128. The summed E-state index contributed by atoms with van der Waals surface area (Å²) < 4.78 is 0. The second-order valence-electron chi connectivity index (χ2n) is 5.68. The molecule has 122 valence electrons. The highest BCUT2D eigenvalue weighted by molar-refractivity contribution is 7.09. The van der Waals surface area contributed by atoms with E-state index in [9.17, 15) is 4.79 Å². The van der Waals surface area contributed by atoms with Crippen LogP contribution in [0.5, 0.6) is 0 Å².